The molecule has 0 amide bonds. The van der Waals surface area contributed by atoms with Crippen LogP contribution >= 0.6 is 0 Å². The average Bonchev–Trinajstić information content (AvgIpc) is 2.27. The summed E-state index contributed by atoms with van der Waals surface area (Å²) in [7, 11) is 1.49. The Morgan fingerprint density at radius 1 is 1.40 bits per heavy atom. The number of hydrogen-bond donors (Lipinski definition) is 3. The standard InChI is InChI=1S/C11H16O4/c1-15-10-4-2-3-8(11(10)14)5-6-9(13)7-12/h2-4,9,12-14H,5-7H2,1H3. The van der Waals surface area contributed by atoms with Crippen LogP contribution in [0.3, 0.4) is 0 Å². The molecule has 0 saturated heterocycles. The fourth-order valence-corrected chi connectivity index (χ4v) is 1.35. The van der Waals surface area contributed by atoms with Gasteiger partial charge in [-0.25, -0.2) is 0 Å². The molecule has 1 atom stereocenters. The van der Waals surface area contributed by atoms with Gasteiger partial charge in [0.25, 0.3) is 0 Å². The summed E-state index contributed by atoms with van der Waals surface area (Å²) < 4.78 is 4.96. The number of phenols is 1. The van der Waals surface area contributed by atoms with E-state index in [-0.39, 0.29) is 12.4 Å². The van der Waals surface area contributed by atoms with Crippen LogP contribution in [0.15, 0.2) is 18.2 Å². The molecule has 1 aromatic rings. The zero-order valence-corrected chi connectivity index (χ0v) is 8.68. The molecule has 15 heavy (non-hydrogen) atoms. The minimum absolute atomic E-state index is 0.102. The molecular formula is C11H16O4. The van der Waals surface area contributed by atoms with Crippen LogP contribution in [0.1, 0.15) is 12.0 Å². The van der Waals surface area contributed by atoms with Crippen LogP contribution in [0.5, 0.6) is 11.5 Å². The van der Waals surface area contributed by atoms with Crippen LogP contribution in [0.2, 0.25) is 0 Å². The van der Waals surface area contributed by atoms with Crippen molar-refractivity contribution in [3.63, 3.8) is 0 Å². The third-order valence-electron chi connectivity index (χ3n) is 2.26. The van der Waals surface area contributed by atoms with Gasteiger partial charge in [-0.15, -0.1) is 0 Å². The van der Waals surface area contributed by atoms with Gasteiger partial charge in [0.1, 0.15) is 0 Å². The number of aliphatic hydroxyl groups excluding tert-OH is 2. The van der Waals surface area contributed by atoms with Crippen molar-refractivity contribution >= 4 is 0 Å². The summed E-state index contributed by atoms with van der Waals surface area (Å²) in [5.74, 6) is 0.524. The van der Waals surface area contributed by atoms with Gasteiger partial charge in [-0.3, -0.25) is 0 Å². The van der Waals surface area contributed by atoms with E-state index in [9.17, 15) is 10.2 Å². The summed E-state index contributed by atoms with van der Waals surface area (Å²) in [5, 5.41) is 27.5. The first-order valence-electron chi connectivity index (χ1n) is 4.82. The Hall–Kier alpha value is -1.26. The molecule has 1 unspecified atom stereocenters. The zero-order valence-electron chi connectivity index (χ0n) is 8.68. The molecule has 0 bridgehead atoms. The Balaban J connectivity index is 2.68. The van der Waals surface area contributed by atoms with E-state index in [2.05, 4.69) is 0 Å². The van der Waals surface area contributed by atoms with Gasteiger partial charge in [0.05, 0.1) is 19.8 Å². The van der Waals surface area contributed by atoms with E-state index >= 15 is 0 Å². The van der Waals surface area contributed by atoms with Gasteiger partial charge >= 0.3 is 0 Å². The van der Waals surface area contributed by atoms with E-state index in [1.165, 1.54) is 7.11 Å². The number of aliphatic hydroxyl groups is 2. The van der Waals surface area contributed by atoms with Crippen molar-refractivity contribution in [3.8, 4) is 11.5 Å². The molecule has 0 aromatic heterocycles. The van der Waals surface area contributed by atoms with Crippen molar-refractivity contribution in [1.29, 1.82) is 0 Å². The van der Waals surface area contributed by atoms with E-state index in [1.807, 2.05) is 0 Å². The van der Waals surface area contributed by atoms with Gasteiger partial charge in [-0.05, 0) is 24.5 Å². The highest BCUT2D eigenvalue weighted by Crippen LogP contribution is 2.30. The summed E-state index contributed by atoms with van der Waals surface area (Å²) in [6.45, 7) is -0.259. The van der Waals surface area contributed by atoms with Crippen LogP contribution in [-0.2, 0) is 6.42 Å². The number of ether oxygens (including phenoxy) is 1. The lowest BCUT2D eigenvalue weighted by Gasteiger charge is -2.10. The van der Waals surface area contributed by atoms with Crippen molar-refractivity contribution in [2.75, 3.05) is 13.7 Å². The molecule has 0 aliphatic carbocycles. The first kappa shape index (κ1) is 11.8. The predicted molar refractivity (Wildman–Crippen MR) is 56.1 cm³/mol. The normalized spacial score (nSPS) is 12.5. The van der Waals surface area contributed by atoms with Crippen LogP contribution < -0.4 is 4.74 Å². The quantitative estimate of drug-likeness (QED) is 0.671. The number of rotatable bonds is 5. The number of hydrogen-bond acceptors (Lipinski definition) is 4. The molecule has 0 radical (unpaired) electrons. The van der Waals surface area contributed by atoms with Gasteiger partial charge in [0.2, 0.25) is 0 Å². The third-order valence-corrected chi connectivity index (χ3v) is 2.26. The molecule has 4 nitrogen and oxygen atoms in total. The summed E-state index contributed by atoms with van der Waals surface area (Å²) in [5.41, 5.74) is 0.710. The molecule has 1 rings (SSSR count). The number of aryl methyl sites for hydroxylation is 1. The van der Waals surface area contributed by atoms with Crippen molar-refractivity contribution in [1.82, 2.24) is 0 Å². The van der Waals surface area contributed by atoms with Crippen LogP contribution in [0.25, 0.3) is 0 Å². The Labute approximate surface area is 88.8 Å². The van der Waals surface area contributed by atoms with Gasteiger partial charge in [0, 0.05) is 0 Å². The van der Waals surface area contributed by atoms with E-state index in [0.29, 0.717) is 24.2 Å². The molecule has 0 aliphatic heterocycles. The lowest BCUT2D eigenvalue weighted by atomic mass is 10.1. The fourth-order valence-electron chi connectivity index (χ4n) is 1.35. The number of phenolic OH excluding ortho intramolecular Hbond substituents is 1. The molecule has 0 fully saturated rings. The van der Waals surface area contributed by atoms with E-state index in [4.69, 9.17) is 9.84 Å². The molecule has 84 valence electrons. The highest BCUT2D eigenvalue weighted by Gasteiger charge is 2.09. The van der Waals surface area contributed by atoms with Crippen molar-refractivity contribution in [3.05, 3.63) is 23.8 Å². The van der Waals surface area contributed by atoms with Crippen molar-refractivity contribution < 1.29 is 20.1 Å². The average molecular weight is 212 g/mol. The van der Waals surface area contributed by atoms with Gasteiger partial charge in [-0.1, -0.05) is 12.1 Å². The summed E-state index contributed by atoms with van der Waals surface area (Å²) in [6, 6.07) is 5.21. The van der Waals surface area contributed by atoms with Gasteiger partial charge < -0.3 is 20.1 Å². The maximum absolute atomic E-state index is 9.71. The third kappa shape index (κ3) is 3.11. The Morgan fingerprint density at radius 3 is 2.73 bits per heavy atom. The number of para-hydroxylation sites is 1. The number of benzene rings is 1. The molecule has 1 aromatic carbocycles. The molecule has 4 heteroatoms. The summed E-state index contributed by atoms with van der Waals surface area (Å²) in [6.07, 6.45) is 0.178. The van der Waals surface area contributed by atoms with Crippen LogP contribution in [0, 0.1) is 0 Å². The first-order valence-corrected chi connectivity index (χ1v) is 4.82. The van der Waals surface area contributed by atoms with E-state index in [1.54, 1.807) is 18.2 Å². The minimum atomic E-state index is -0.740. The largest absolute Gasteiger partial charge is 0.504 e. The first-order chi connectivity index (χ1) is 7.19. The second-order valence-electron chi connectivity index (χ2n) is 3.34. The molecule has 0 aliphatic rings. The molecule has 0 spiro atoms. The van der Waals surface area contributed by atoms with E-state index < -0.39 is 6.10 Å². The Bertz CT molecular complexity index is 311. The van der Waals surface area contributed by atoms with Gasteiger partial charge in [0.15, 0.2) is 11.5 Å². The topological polar surface area (TPSA) is 69.9 Å². The Morgan fingerprint density at radius 2 is 2.13 bits per heavy atom. The molecule has 0 saturated carbocycles. The monoisotopic (exact) mass is 212 g/mol. The van der Waals surface area contributed by atoms with Crippen molar-refractivity contribution in [2.24, 2.45) is 0 Å². The van der Waals surface area contributed by atoms with Gasteiger partial charge in [-0.2, -0.15) is 0 Å². The second-order valence-corrected chi connectivity index (χ2v) is 3.34. The molecular weight excluding hydrogens is 196 g/mol. The Kier molecular flexibility index (Phi) is 4.39. The summed E-state index contributed by atoms with van der Waals surface area (Å²) >= 11 is 0. The minimum Gasteiger partial charge on any atom is -0.504 e. The predicted octanol–water partition coefficient (Wildman–Crippen LogP) is 0.687. The molecule has 0 heterocycles. The number of aromatic hydroxyl groups is 1. The van der Waals surface area contributed by atoms with E-state index in [0.717, 1.165) is 0 Å². The number of methoxy groups -OCH3 is 1. The highest BCUT2D eigenvalue weighted by atomic mass is 16.5. The SMILES string of the molecule is COc1cccc(CCC(O)CO)c1O. The molecule has 3 N–H and O–H groups in total. The lowest BCUT2D eigenvalue weighted by Crippen LogP contribution is -2.12. The fraction of sp³-hybridized carbons (Fsp3) is 0.455. The summed E-state index contributed by atoms with van der Waals surface area (Å²) in [4.78, 5) is 0. The highest BCUT2D eigenvalue weighted by molar-refractivity contribution is 5.45. The van der Waals surface area contributed by atoms with Crippen LogP contribution in [-0.4, -0.2) is 35.1 Å². The van der Waals surface area contributed by atoms with Crippen LogP contribution in [0.4, 0.5) is 0 Å². The smallest absolute Gasteiger partial charge is 0.160 e. The lowest BCUT2D eigenvalue weighted by molar-refractivity contribution is 0.0884. The van der Waals surface area contributed by atoms with Crippen molar-refractivity contribution in [2.45, 2.75) is 18.9 Å². The second kappa shape index (κ2) is 5.58. The zero-order chi connectivity index (χ0) is 11.3. The maximum Gasteiger partial charge on any atom is 0.160 e. The maximum atomic E-state index is 9.71.